The second kappa shape index (κ2) is 5.02. The Morgan fingerprint density at radius 2 is 2.27 bits per heavy atom. The van der Waals surface area contributed by atoms with E-state index in [4.69, 9.17) is 5.53 Å². The van der Waals surface area contributed by atoms with E-state index in [9.17, 15) is 4.79 Å². The summed E-state index contributed by atoms with van der Waals surface area (Å²) in [6.07, 6.45) is 0. The maximum absolute atomic E-state index is 11.3. The predicted octanol–water partition coefficient (Wildman–Crippen LogP) is 2.55. The number of anilines is 1. The van der Waals surface area contributed by atoms with Crippen LogP contribution in [0, 0.1) is 13.8 Å². The molecule has 5 nitrogen and oxygen atoms in total. The molecule has 0 aliphatic carbocycles. The number of hydrogen-bond acceptors (Lipinski definition) is 2. The van der Waals surface area contributed by atoms with Crippen LogP contribution in [0.5, 0.6) is 0 Å². The number of carbonyl (C=O) groups is 1. The van der Waals surface area contributed by atoms with Gasteiger partial charge < -0.3 is 5.32 Å². The highest BCUT2D eigenvalue weighted by atomic mass is 16.1. The number of nitrogens with zero attached hydrogens (tertiary/aromatic N) is 3. The molecule has 1 amide bonds. The molecule has 0 spiro atoms. The SMILES string of the molecule is Cc1cccc(NC(=O)CN=[N+]=[N-])c1C. The number of rotatable bonds is 3. The van der Waals surface area contributed by atoms with Crippen molar-refractivity contribution in [2.75, 3.05) is 11.9 Å². The molecule has 1 N–H and O–H groups in total. The largest absolute Gasteiger partial charge is 0.326 e. The van der Waals surface area contributed by atoms with Gasteiger partial charge >= 0.3 is 0 Å². The Morgan fingerprint density at radius 3 is 2.93 bits per heavy atom. The van der Waals surface area contributed by atoms with Crippen molar-refractivity contribution in [3.05, 3.63) is 39.8 Å². The minimum absolute atomic E-state index is 0.177. The van der Waals surface area contributed by atoms with Gasteiger partial charge in [0.15, 0.2) is 0 Å². The minimum atomic E-state index is -0.304. The molecule has 1 aromatic carbocycles. The van der Waals surface area contributed by atoms with Crippen molar-refractivity contribution >= 4 is 11.6 Å². The summed E-state index contributed by atoms with van der Waals surface area (Å²) in [5, 5.41) is 5.87. The standard InChI is InChI=1S/C10H12N4O/c1-7-4-3-5-9(8(7)2)13-10(15)6-12-14-11/h3-5H,6H2,1-2H3,(H,13,15). The Hall–Kier alpha value is -2.00. The third kappa shape index (κ3) is 3.00. The van der Waals surface area contributed by atoms with Crippen LogP contribution in [0.1, 0.15) is 11.1 Å². The Morgan fingerprint density at radius 1 is 1.53 bits per heavy atom. The Balaban J connectivity index is 2.76. The molecule has 5 heteroatoms. The summed E-state index contributed by atoms with van der Waals surface area (Å²) >= 11 is 0. The van der Waals surface area contributed by atoms with E-state index in [2.05, 4.69) is 15.3 Å². The van der Waals surface area contributed by atoms with Crippen LogP contribution in [0.25, 0.3) is 10.4 Å². The van der Waals surface area contributed by atoms with E-state index in [0.29, 0.717) is 0 Å². The van der Waals surface area contributed by atoms with Crippen LogP contribution in [-0.4, -0.2) is 12.5 Å². The number of benzene rings is 1. The van der Waals surface area contributed by atoms with Gasteiger partial charge in [-0.1, -0.05) is 17.2 Å². The van der Waals surface area contributed by atoms with Crippen molar-refractivity contribution in [1.82, 2.24) is 0 Å². The Kier molecular flexibility index (Phi) is 3.71. The minimum Gasteiger partial charge on any atom is -0.326 e. The molecule has 0 saturated carbocycles. The first-order chi connectivity index (χ1) is 7.15. The summed E-state index contributed by atoms with van der Waals surface area (Å²) in [6, 6.07) is 5.65. The number of carbonyl (C=O) groups excluding carboxylic acids is 1. The third-order valence-corrected chi connectivity index (χ3v) is 2.16. The second-order valence-electron chi connectivity index (χ2n) is 3.18. The van der Waals surface area contributed by atoms with E-state index < -0.39 is 0 Å². The highest BCUT2D eigenvalue weighted by Gasteiger charge is 2.04. The molecule has 0 saturated heterocycles. The molecule has 0 atom stereocenters. The summed E-state index contributed by atoms with van der Waals surface area (Å²) in [5.74, 6) is -0.304. The van der Waals surface area contributed by atoms with Crippen molar-refractivity contribution in [2.45, 2.75) is 13.8 Å². The first-order valence-electron chi connectivity index (χ1n) is 4.52. The van der Waals surface area contributed by atoms with Crippen molar-refractivity contribution in [3.63, 3.8) is 0 Å². The van der Waals surface area contributed by atoms with Crippen LogP contribution in [0.4, 0.5) is 5.69 Å². The maximum Gasteiger partial charge on any atom is 0.230 e. The molecule has 1 rings (SSSR count). The molecular formula is C10H12N4O. The zero-order valence-electron chi connectivity index (χ0n) is 8.69. The second-order valence-corrected chi connectivity index (χ2v) is 3.18. The van der Waals surface area contributed by atoms with Gasteiger partial charge in [0.25, 0.3) is 0 Å². The highest BCUT2D eigenvalue weighted by Crippen LogP contribution is 2.17. The summed E-state index contributed by atoms with van der Waals surface area (Å²) in [5.41, 5.74) is 10.9. The average Bonchev–Trinajstić information content (AvgIpc) is 2.22. The highest BCUT2D eigenvalue weighted by molar-refractivity contribution is 5.93. The van der Waals surface area contributed by atoms with Crippen LogP contribution in [-0.2, 0) is 4.79 Å². The normalized spacial score (nSPS) is 9.20. The first-order valence-corrected chi connectivity index (χ1v) is 4.52. The molecule has 15 heavy (non-hydrogen) atoms. The zero-order valence-corrected chi connectivity index (χ0v) is 8.69. The van der Waals surface area contributed by atoms with E-state index in [0.717, 1.165) is 16.8 Å². The molecule has 78 valence electrons. The fourth-order valence-corrected chi connectivity index (χ4v) is 1.17. The van der Waals surface area contributed by atoms with E-state index in [1.54, 1.807) is 0 Å². The predicted molar refractivity (Wildman–Crippen MR) is 58.6 cm³/mol. The number of azide groups is 1. The molecular weight excluding hydrogens is 192 g/mol. The smallest absolute Gasteiger partial charge is 0.230 e. The summed E-state index contributed by atoms with van der Waals surface area (Å²) < 4.78 is 0. The monoisotopic (exact) mass is 204 g/mol. The summed E-state index contributed by atoms with van der Waals surface area (Å²) in [4.78, 5) is 13.8. The van der Waals surface area contributed by atoms with Crippen LogP contribution in [0.15, 0.2) is 23.3 Å². The van der Waals surface area contributed by atoms with Crippen molar-refractivity contribution in [3.8, 4) is 0 Å². The van der Waals surface area contributed by atoms with Crippen molar-refractivity contribution in [2.24, 2.45) is 5.11 Å². The van der Waals surface area contributed by atoms with Gasteiger partial charge in [0, 0.05) is 10.6 Å². The van der Waals surface area contributed by atoms with Gasteiger partial charge in [-0.3, -0.25) is 4.79 Å². The van der Waals surface area contributed by atoms with Gasteiger partial charge in [0.2, 0.25) is 5.91 Å². The van der Waals surface area contributed by atoms with Crippen LogP contribution in [0.2, 0.25) is 0 Å². The molecule has 0 radical (unpaired) electrons. The molecule has 0 heterocycles. The molecule has 0 aliphatic heterocycles. The summed E-state index contributed by atoms with van der Waals surface area (Å²) in [7, 11) is 0. The van der Waals surface area contributed by atoms with Crippen molar-refractivity contribution < 1.29 is 4.79 Å². The summed E-state index contributed by atoms with van der Waals surface area (Å²) in [6.45, 7) is 3.72. The van der Waals surface area contributed by atoms with Gasteiger partial charge in [-0.2, -0.15) is 0 Å². The van der Waals surface area contributed by atoms with Crippen molar-refractivity contribution in [1.29, 1.82) is 0 Å². The van der Waals surface area contributed by atoms with E-state index >= 15 is 0 Å². The Labute approximate surface area is 87.7 Å². The molecule has 0 bridgehead atoms. The fraction of sp³-hybridized carbons (Fsp3) is 0.300. The van der Waals surface area contributed by atoms with Crippen LogP contribution in [0.3, 0.4) is 0 Å². The molecule has 0 aromatic heterocycles. The lowest BCUT2D eigenvalue weighted by Crippen LogP contribution is -2.15. The average molecular weight is 204 g/mol. The third-order valence-electron chi connectivity index (χ3n) is 2.16. The molecule has 0 aliphatic rings. The topological polar surface area (TPSA) is 77.9 Å². The van der Waals surface area contributed by atoms with Gasteiger partial charge in [-0.25, -0.2) is 0 Å². The van der Waals surface area contributed by atoms with Gasteiger partial charge in [0.1, 0.15) is 6.54 Å². The lowest BCUT2D eigenvalue weighted by molar-refractivity contribution is -0.114. The Bertz CT molecular complexity index is 421. The lowest BCUT2D eigenvalue weighted by Gasteiger charge is -2.08. The van der Waals surface area contributed by atoms with Crippen LogP contribution < -0.4 is 5.32 Å². The number of aryl methyl sites for hydroxylation is 1. The molecule has 0 unspecified atom stereocenters. The maximum atomic E-state index is 11.3. The van der Waals surface area contributed by atoms with E-state index in [1.165, 1.54) is 0 Å². The van der Waals surface area contributed by atoms with Gasteiger partial charge in [-0.15, -0.1) is 0 Å². The first kappa shape index (κ1) is 11.1. The zero-order chi connectivity index (χ0) is 11.3. The number of amides is 1. The van der Waals surface area contributed by atoms with E-state index in [-0.39, 0.29) is 12.5 Å². The number of nitrogens with one attached hydrogen (secondary N) is 1. The lowest BCUT2D eigenvalue weighted by atomic mass is 10.1. The molecule has 0 fully saturated rings. The van der Waals surface area contributed by atoms with Gasteiger partial charge in [-0.05, 0) is 36.6 Å². The van der Waals surface area contributed by atoms with E-state index in [1.807, 2.05) is 32.0 Å². The fourth-order valence-electron chi connectivity index (χ4n) is 1.17. The number of hydrogen-bond donors (Lipinski definition) is 1. The van der Waals surface area contributed by atoms with Crippen LogP contribution >= 0.6 is 0 Å². The quantitative estimate of drug-likeness (QED) is 0.458. The molecule has 1 aromatic rings. The van der Waals surface area contributed by atoms with Gasteiger partial charge in [0.05, 0.1) is 0 Å².